The normalized spacial score (nSPS) is 21.4. The van der Waals surface area contributed by atoms with Gasteiger partial charge in [-0.25, -0.2) is 27.5 Å². The van der Waals surface area contributed by atoms with E-state index in [2.05, 4.69) is 24.8 Å². The molecule has 216 valence electrons. The Balaban J connectivity index is 1.32. The van der Waals surface area contributed by atoms with Gasteiger partial charge in [-0.05, 0) is 18.6 Å². The third kappa shape index (κ3) is 5.34. The van der Waals surface area contributed by atoms with Crippen molar-refractivity contribution in [1.82, 2.24) is 14.9 Å². The van der Waals surface area contributed by atoms with Crippen LogP contribution in [0, 0.1) is 0 Å². The number of hydrogen-bond acceptors (Lipinski definition) is 9. The average molecular weight is 592 g/mol. The minimum Gasteiger partial charge on any atom is -0.481 e. The molecule has 3 atom stereocenters. The van der Waals surface area contributed by atoms with E-state index in [0.29, 0.717) is 4.70 Å². The molecule has 9 nitrogen and oxygen atoms in total. The number of aromatic nitrogens is 2. The quantitative estimate of drug-likeness (QED) is 0.379. The number of piperidine rings is 1. The van der Waals surface area contributed by atoms with Gasteiger partial charge in [0.15, 0.2) is 16.6 Å². The van der Waals surface area contributed by atoms with Gasteiger partial charge in [0.1, 0.15) is 0 Å². The predicted octanol–water partition coefficient (Wildman–Crippen LogP) is 4.74. The fourth-order valence-corrected chi connectivity index (χ4v) is 5.53. The molecule has 1 aromatic carbocycles. The maximum absolute atomic E-state index is 15.0. The molecule has 1 amide bonds. The molecular weight excluding hydrogens is 568 g/mol. The molecule has 0 spiro atoms. The Bertz CT molecular complexity index is 1400. The molecule has 0 aliphatic carbocycles. The SMILES string of the molecule is COc1ncc(C2CN([C@@H](C)C(=O)Nc3nc4cc5c(cc4s3)OC(F)(F)O5)CCC2(F)F)cc1C(N)C(F)F. The number of carbonyl (C=O) groups is 1. The van der Waals surface area contributed by atoms with Crippen LogP contribution in [-0.4, -0.2) is 65.7 Å². The number of benzene rings is 1. The molecule has 4 heterocycles. The second-order valence-electron chi connectivity index (χ2n) is 9.40. The van der Waals surface area contributed by atoms with Crippen LogP contribution in [0.5, 0.6) is 17.4 Å². The first-order valence-electron chi connectivity index (χ1n) is 12.0. The van der Waals surface area contributed by atoms with Crippen LogP contribution in [0.4, 0.5) is 31.5 Å². The lowest BCUT2D eigenvalue weighted by Gasteiger charge is -2.40. The second-order valence-corrected chi connectivity index (χ2v) is 10.4. The van der Waals surface area contributed by atoms with Gasteiger partial charge in [-0.2, -0.15) is 0 Å². The van der Waals surface area contributed by atoms with Gasteiger partial charge in [0.05, 0.1) is 35.3 Å². The fourth-order valence-electron chi connectivity index (χ4n) is 4.65. The molecule has 0 saturated carbocycles. The van der Waals surface area contributed by atoms with Crippen molar-refractivity contribution in [1.29, 1.82) is 0 Å². The van der Waals surface area contributed by atoms with Crippen molar-refractivity contribution in [2.45, 2.75) is 50.0 Å². The number of amides is 1. The summed E-state index contributed by atoms with van der Waals surface area (Å²) in [6.07, 6.45) is -6.20. The number of nitrogens with two attached hydrogens (primary N) is 1. The zero-order valence-electron chi connectivity index (χ0n) is 21.0. The first-order valence-corrected chi connectivity index (χ1v) is 12.8. The highest BCUT2D eigenvalue weighted by Crippen LogP contribution is 2.45. The number of rotatable bonds is 7. The molecule has 2 aromatic heterocycles. The molecule has 3 N–H and O–H groups in total. The monoisotopic (exact) mass is 591 g/mol. The molecule has 1 saturated heterocycles. The van der Waals surface area contributed by atoms with Crippen LogP contribution in [0.25, 0.3) is 10.2 Å². The van der Waals surface area contributed by atoms with Crippen LogP contribution in [0.3, 0.4) is 0 Å². The highest BCUT2D eigenvalue weighted by Gasteiger charge is 2.47. The van der Waals surface area contributed by atoms with Crippen LogP contribution in [-0.2, 0) is 4.79 Å². The number of halogens is 6. The smallest absolute Gasteiger partial charge is 0.481 e. The van der Waals surface area contributed by atoms with Crippen molar-refractivity contribution in [3.8, 4) is 17.4 Å². The standard InChI is InChI=1S/C24H23F6N5O4S/c1-10(20(36)34-22-33-14-6-15-16(7-17(14)40-22)39-24(29,30)38-15)35-4-3-23(27,28)13(9-35)11-5-12(18(31)19(25)26)21(37-2)32-8-11/h5-8,10,13,18-19H,3-4,9,31H2,1-2H3,(H,33,34,36)/t10-,13?,18?/m0/s1. The number of pyridine rings is 1. The number of nitrogens with zero attached hydrogens (tertiary/aromatic N) is 3. The number of nitrogens with one attached hydrogen (secondary N) is 1. The minimum absolute atomic E-state index is 0.0107. The number of hydrogen-bond donors (Lipinski definition) is 2. The minimum atomic E-state index is -3.78. The van der Waals surface area contributed by atoms with Crippen LogP contribution < -0.4 is 25.3 Å². The highest BCUT2D eigenvalue weighted by atomic mass is 32.1. The Morgan fingerprint density at radius 3 is 2.60 bits per heavy atom. The van der Waals surface area contributed by atoms with E-state index in [1.54, 1.807) is 4.90 Å². The maximum atomic E-state index is 15.0. The van der Waals surface area contributed by atoms with Crippen molar-refractivity contribution >= 4 is 32.6 Å². The van der Waals surface area contributed by atoms with Crippen molar-refractivity contribution in [3.05, 3.63) is 35.5 Å². The summed E-state index contributed by atoms with van der Waals surface area (Å²) in [5.74, 6) is -5.75. The van der Waals surface area contributed by atoms with Crippen molar-refractivity contribution < 1.29 is 45.3 Å². The van der Waals surface area contributed by atoms with E-state index >= 15 is 8.78 Å². The van der Waals surface area contributed by atoms with Crippen LogP contribution in [0.1, 0.15) is 36.4 Å². The number of carbonyl (C=O) groups excluding carboxylic acids is 1. The zero-order chi connectivity index (χ0) is 29.0. The molecule has 3 aromatic rings. The van der Waals surface area contributed by atoms with Gasteiger partial charge in [0, 0.05) is 43.4 Å². The summed E-state index contributed by atoms with van der Waals surface area (Å²) >= 11 is 1.01. The summed E-state index contributed by atoms with van der Waals surface area (Å²) in [5.41, 5.74) is 5.64. The Labute approximate surface area is 227 Å². The van der Waals surface area contributed by atoms with Crippen molar-refractivity contribution in [2.75, 3.05) is 25.5 Å². The summed E-state index contributed by atoms with van der Waals surface area (Å²) in [7, 11) is 1.21. The average Bonchev–Trinajstić information content (AvgIpc) is 3.41. The van der Waals surface area contributed by atoms with E-state index in [0.717, 1.165) is 23.6 Å². The summed E-state index contributed by atoms with van der Waals surface area (Å²) < 4.78 is 97.5. The Morgan fingerprint density at radius 1 is 1.23 bits per heavy atom. The largest absolute Gasteiger partial charge is 0.586 e. The molecule has 2 aliphatic heterocycles. The number of ether oxygens (including phenoxy) is 3. The molecule has 5 rings (SSSR count). The van der Waals surface area contributed by atoms with Gasteiger partial charge < -0.3 is 25.3 Å². The third-order valence-corrected chi connectivity index (χ3v) is 7.79. The lowest BCUT2D eigenvalue weighted by Crippen LogP contribution is -2.52. The van der Waals surface area contributed by atoms with E-state index in [1.807, 2.05) is 0 Å². The molecule has 1 fully saturated rings. The summed E-state index contributed by atoms with van der Waals surface area (Å²) in [5, 5.41) is 2.79. The van der Waals surface area contributed by atoms with E-state index in [9.17, 15) is 22.4 Å². The van der Waals surface area contributed by atoms with E-state index < -0.39 is 49.0 Å². The maximum Gasteiger partial charge on any atom is 0.586 e. The molecule has 0 bridgehead atoms. The molecule has 2 unspecified atom stereocenters. The summed E-state index contributed by atoms with van der Waals surface area (Å²) in [6.45, 7) is 1.15. The van der Waals surface area contributed by atoms with Gasteiger partial charge in [-0.15, -0.1) is 8.78 Å². The lowest BCUT2D eigenvalue weighted by molar-refractivity contribution is -0.286. The van der Waals surface area contributed by atoms with Gasteiger partial charge in [-0.3, -0.25) is 9.69 Å². The molecule has 40 heavy (non-hydrogen) atoms. The van der Waals surface area contributed by atoms with E-state index in [4.69, 9.17) is 10.5 Å². The zero-order valence-corrected chi connectivity index (χ0v) is 21.8. The Hall–Kier alpha value is -3.37. The van der Waals surface area contributed by atoms with Crippen molar-refractivity contribution in [2.24, 2.45) is 5.73 Å². The lowest BCUT2D eigenvalue weighted by atomic mass is 9.86. The predicted molar refractivity (Wildman–Crippen MR) is 132 cm³/mol. The van der Waals surface area contributed by atoms with E-state index in [-0.39, 0.29) is 52.2 Å². The molecule has 2 aliphatic rings. The highest BCUT2D eigenvalue weighted by molar-refractivity contribution is 7.22. The van der Waals surface area contributed by atoms with E-state index in [1.165, 1.54) is 26.2 Å². The number of anilines is 1. The Kier molecular flexibility index (Phi) is 7.20. The number of thiazole rings is 1. The van der Waals surface area contributed by atoms with Gasteiger partial charge in [-0.1, -0.05) is 11.3 Å². The number of methoxy groups -OCH3 is 1. The number of fused-ring (bicyclic) bond motifs is 2. The first kappa shape index (κ1) is 28.2. The summed E-state index contributed by atoms with van der Waals surface area (Å²) in [4.78, 5) is 22.7. The molecule has 0 radical (unpaired) electrons. The van der Waals surface area contributed by atoms with Crippen LogP contribution >= 0.6 is 11.3 Å². The third-order valence-electron chi connectivity index (χ3n) is 6.85. The van der Waals surface area contributed by atoms with Crippen LogP contribution in [0.15, 0.2) is 24.4 Å². The first-order chi connectivity index (χ1) is 18.8. The molecule has 16 heteroatoms. The summed E-state index contributed by atoms with van der Waals surface area (Å²) in [6, 6.07) is 1.06. The van der Waals surface area contributed by atoms with Gasteiger partial charge >= 0.3 is 6.29 Å². The van der Waals surface area contributed by atoms with Gasteiger partial charge in [0.2, 0.25) is 11.8 Å². The van der Waals surface area contributed by atoms with Crippen LogP contribution in [0.2, 0.25) is 0 Å². The molecular formula is C24H23F6N5O4S. The topological polar surface area (TPSA) is 112 Å². The second kappa shape index (κ2) is 10.2. The van der Waals surface area contributed by atoms with Crippen molar-refractivity contribution in [3.63, 3.8) is 0 Å². The number of likely N-dealkylation sites (tertiary alicyclic amines) is 1. The number of alkyl halides is 6. The van der Waals surface area contributed by atoms with Gasteiger partial charge in [0.25, 0.3) is 12.3 Å². The Morgan fingerprint density at radius 2 is 1.93 bits per heavy atom. The fraction of sp³-hybridized carbons (Fsp3) is 0.458.